The molecule has 7 heteroatoms. The molecule has 0 aromatic carbocycles. The fourth-order valence-electron chi connectivity index (χ4n) is 2.21. The first kappa shape index (κ1) is 14.6. The van der Waals surface area contributed by atoms with Gasteiger partial charge in [-0.25, -0.2) is 4.52 Å². The van der Waals surface area contributed by atoms with Crippen molar-refractivity contribution >= 4 is 45.9 Å². The molecule has 4 nitrogen and oxygen atoms in total. The van der Waals surface area contributed by atoms with E-state index in [-0.39, 0.29) is 5.28 Å². The molecule has 0 bridgehead atoms. The van der Waals surface area contributed by atoms with E-state index in [2.05, 4.69) is 28.4 Å². The molecule has 0 aliphatic rings. The summed E-state index contributed by atoms with van der Waals surface area (Å²) in [4.78, 5) is 5.51. The molecule has 0 unspecified atom stereocenters. The van der Waals surface area contributed by atoms with Crippen LogP contribution >= 0.6 is 34.5 Å². The lowest BCUT2D eigenvalue weighted by Gasteiger charge is -2.06. The summed E-state index contributed by atoms with van der Waals surface area (Å²) in [5, 5.41) is 10.3. The van der Waals surface area contributed by atoms with Gasteiger partial charge < -0.3 is 5.32 Å². The molecular weight excluding hydrogens is 327 g/mol. The van der Waals surface area contributed by atoms with Crippen LogP contribution in [-0.4, -0.2) is 14.6 Å². The van der Waals surface area contributed by atoms with Gasteiger partial charge in [-0.15, -0.1) is 16.4 Å². The maximum Gasteiger partial charge on any atom is 0.243 e. The summed E-state index contributed by atoms with van der Waals surface area (Å²) in [5.41, 5.74) is 1.92. The first-order chi connectivity index (χ1) is 10.2. The lowest BCUT2D eigenvalue weighted by Crippen LogP contribution is -2.04. The molecule has 0 radical (unpaired) electrons. The van der Waals surface area contributed by atoms with Crippen molar-refractivity contribution in [2.45, 2.75) is 26.3 Å². The van der Waals surface area contributed by atoms with Gasteiger partial charge in [-0.1, -0.05) is 31.0 Å². The standard InChI is InChI=1S/C14H14Cl2N4S/c1-2-4-9-7-11-13(17-8-10-5-3-6-21-10)18-14(16)19-20(11)12(9)15/h3,5-7H,2,4,8H2,1H3,(H,17,18,19). The van der Waals surface area contributed by atoms with E-state index in [1.165, 1.54) is 4.88 Å². The van der Waals surface area contributed by atoms with Crippen LogP contribution in [-0.2, 0) is 13.0 Å². The van der Waals surface area contributed by atoms with Crippen LogP contribution in [0.25, 0.3) is 5.52 Å². The predicted octanol–water partition coefficient (Wildman–Crippen LogP) is 4.66. The molecule has 3 heterocycles. The Hall–Kier alpha value is -1.30. The number of hydrogen-bond donors (Lipinski definition) is 1. The van der Waals surface area contributed by atoms with Crippen LogP contribution in [0.3, 0.4) is 0 Å². The minimum atomic E-state index is 0.178. The number of nitrogens with zero attached hydrogens (tertiary/aromatic N) is 3. The van der Waals surface area contributed by atoms with Crippen molar-refractivity contribution < 1.29 is 0 Å². The van der Waals surface area contributed by atoms with Crippen molar-refractivity contribution in [3.63, 3.8) is 0 Å². The van der Waals surface area contributed by atoms with Crippen molar-refractivity contribution in [2.24, 2.45) is 0 Å². The summed E-state index contributed by atoms with van der Waals surface area (Å²) in [6.07, 6.45) is 1.93. The fourth-order valence-corrected chi connectivity index (χ4v) is 3.29. The van der Waals surface area contributed by atoms with E-state index in [0.717, 1.165) is 23.9 Å². The molecule has 0 saturated carbocycles. The van der Waals surface area contributed by atoms with Crippen molar-refractivity contribution in [2.75, 3.05) is 5.32 Å². The lowest BCUT2D eigenvalue weighted by molar-refractivity contribution is 0.880. The zero-order valence-electron chi connectivity index (χ0n) is 11.4. The van der Waals surface area contributed by atoms with E-state index in [1.54, 1.807) is 15.9 Å². The lowest BCUT2D eigenvalue weighted by atomic mass is 10.2. The van der Waals surface area contributed by atoms with Crippen LogP contribution in [0, 0.1) is 0 Å². The molecule has 21 heavy (non-hydrogen) atoms. The first-order valence-corrected chi connectivity index (χ1v) is 8.32. The highest BCUT2D eigenvalue weighted by atomic mass is 35.5. The van der Waals surface area contributed by atoms with Crippen LogP contribution < -0.4 is 5.32 Å². The quantitative estimate of drug-likeness (QED) is 0.734. The summed E-state index contributed by atoms with van der Waals surface area (Å²) < 4.78 is 1.65. The van der Waals surface area contributed by atoms with Crippen molar-refractivity contribution in [3.05, 3.63) is 44.5 Å². The first-order valence-electron chi connectivity index (χ1n) is 6.69. The number of aromatic nitrogens is 3. The van der Waals surface area contributed by atoms with E-state index in [9.17, 15) is 0 Å². The SMILES string of the molecule is CCCc1cc2c(NCc3cccs3)nc(Cl)nn2c1Cl. The van der Waals surface area contributed by atoms with Gasteiger partial charge in [0.2, 0.25) is 5.28 Å². The van der Waals surface area contributed by atoms with Crippen molar-refractivity contribution in [1.82, 2.24) is 14.6 Å². The third-order valence-electron chi connectivity index (χ3n) is 3.15. The average Bonchev–Trinajstić information content (AvgIpc) is 3.07. The topological polar surface area (TPSA) is 42.2 Å². The minimum Gasteiger partial charge on any atom is -0.363 e. The number of fused-ring (bicyclic) bond motifs is 1. The number of hydrogen-bond acceptors (Lipinski definition) is 4. The monoisotopic (exact) mass is 340 g/mol. The van der Waals surface area contributed by atoms with Crippen LogP contribution in [0.15, 0.2) is 23.6 Å². The summed E-state index contributed by atoms with van der Waals surface area (Å²) >= 11 is 14.1. The third kappa shape index (κ3) is 3.00. The Labute approximate surface area is 136 Å². The summed E-state index contributed by atoms with van der Waals surface area (Å²) in [7, 11) is 0. The molecule has 0 fully saturated rings. The zero-order valence-corrected chi connectivity index (χ0v) is 13.8. The number of rotatable bonds is 5. The van der Waals surface area contributed by atoms with Gasteiger partial charge in [-0.05, 0) is 41.1 Å². The second-order valence-electron chi connectivity index (χ2n) is 4.67. The summed E-state index contributed by atoms with van der Waals surface area (Å²) in [6, 6.07) is 6.13. The van der Waals surface area contributed by atoms with Gasteiger partial charge >= 0.3 is 0 Å². The number of thiophene rings is 1. The number of aryl methyl sites for hydroxylation is 1. The molecule has 3 aromatic rings. The van der Waals surface area contributed by atoms with Crippen LogP contribution in [0.5, 0.6) is 0 Å². The zero-order chi connectivity index (χ0) is 14.8. The Balaban J connectivity index is 1.98. The smallest absolute Gasteiger partial charge is 0.243 e. The van der Waals surface area contributed by atoms with Crippen molar-refractivity contribution in [3.8, 4) is 0 Å². The number of halogens is 2. The van der Waals surface area contributed by atoms with E-state index in [0.29, 0.717) is 17.5 Å². The second-order valence-corrected chi connectivity index (χ2v) is 6.40. The Morgan fingerprint density at radius 2 is 2.24 bits per heavy atom. The maximum absolute atomic E-state index is 6.37. The van der Waals surface area contributed by atoms with E-state index in [4.69, 9.17) is 23.2 Å². The van der Waals surface area contributed by atoms with Crippen molar-refractivity contribution in [1.29, 1.82) is 0 Å². The second kappa shape index (κ2) is 6.22. The molecule has 0 aliphatic carbocycles. The van der Waals surface area contributed by atoms with Crippen LogP contribution in [0.4, 0.5) is 5.82 Å². The largest absolute Gasteiger partial charge is 0.363 e. The number of anilines is 1. The summed E-state index contributed by atoms with van der Waals surface area (Å²) in [6.45, 7) is 2.82. The molecule has 0 spiro atoms. The Bertz CT molecular complexity index is 752. The molecule has 110 valence electrons. The van der Waals surface area contributed by atoms with E-state index in [1.807, 2.05) is 17.5 Å². The van der Waals surface area contributed by atoms with Gasteiger partial charge in [0.25, 0.3) is 0 Å². The van der Waals surface area contributed by atoms with Crippen LogP contribution in [0.2, 0.25) is 10.4 Å². The average molecular weight is 341 g/mol. The van der Waals surface area contributed by atoms with Gasteiger partial charge in [0.15, 0.2) is 5.82 Å². The fraction of sp³-hybridized carbons (Fsp3) is 0.286. The molecule has 3 aromatic heterocycles. The molecule has 0 aliphatic heterocycles. The maximum atomic E-state index is 6.37. The van der Waals surface area contributed by atoms with Gasteiger partial charge in [0.1, 0.15) is 10.7 Å². The predicted molar refractivity (Wildman–Crippen MR) is 88.6 cm³/mol. The van der Waals surface area contributed by atoms with Gasteiger partial charge in [0, 0.05) is 4.88 Å². The van der Waals surface area contributed by atoms with E-state index >= 15 is 0 Å². The van der Waals surface area contributed by atoms with Crippen LogP contribution in [0.1, 0.15) is 23.8 Å². The summed E-state index contributed by atoms with van der Waals surface area (Å²) in [5.74, 6) is 0.702. The minimum absolute atomic E-state index is 0.178. The van der Waals surface area contributed by atoms with E-state index < -0.39 is 0 Å². The van der Waals surface area contributed by atoms with Gasteiger partial charge in [-0.2, -0.15) is 4.98 Å². The van der Waals surface area contributed by atoms with Gasteiger partial charge in [-0.3, -0.25) is 0 Å². The third-order valence-corrected chi connectivity index (χ3v) is 4.59. The molecule has 0 atom stereocenters. The Kier molecular flexibility index (Phi) is 4.33. The molecule has 0 saturated heterocycles. The number of nitrogens with one attached hydrogen (secondary N) is 1. The molecule has 1 N–H and O–H groups in total. The highest BCUT2D eigenvalue weighted by Gasteiger charge is 2.14. The molecular formula is C14H14Cl2N4S. The molecule has 0 amide bonds. The Morgan fingerprint density at radius 3 is 2.95 bits per heavy atom. The highest BCUT2D eigenvalue weighted by Crippen LogP contribution is 2.27. The normalized spacial score (nSPS) is 11.2. The molecule has 3 rings (SSSR count). The Morgan fingerprint density at radius 1 is 1.38 bits per heavy atom. The highest BCUT2D eigenvalue weighted by molar-refractivity contribution is 7.09. The van der Waals surface area contributed by atoms with Gasteiger partial charge in [0.05, 0.1) is 6.54 Å².